The summed E-state index contributed by atoms with van der Waals surface area (Å²) in [6.07, 6.45) is 0. The Balaban J connectivity index is 2.42. The third kappa shape index (κ3) is 4.02. The minimum atomic E-state index is -3.71. The molecular formula is C18H22ClNO3S. The van der Waals surface area contributed by atoms with Crippen LogP contribution in [0.1, 0.15) is 31.9 Å². The molecule has 2 aromatic carbocycles. The summed E-state index contributed by atoms with van der Waals surface area (Å²) in [4.78, 5) is 0.266. The maximum Gasteiger partial charge on any atom is 0.262 e. The van der Waals surface area contributed by atoms with E-state index in [2.05, 4.69) is 4.72 Å². The second-order valence-corrected chi connectivity index (χ2v) is 8.74. The molecule has 0 aliphatic rings. The van der Waals surface area contributed by atoms with E-state index in [0.717, 1.165) is 5.56 Å². The Bertz CT molecular complexity index is 855. The maximum atomic E-state index is 12.8. The number of methoxy groups -OCH3 is 1. The number of rotatable bonds is 4. The van der Waals surface area contributed by atoms with Crippen molar-refractivity contribution in [2.45, 2.75) is 38.0 Å². The van der Waals surface area contributed by atoms with Gasteiger partial charge in [0.05, 0.1) is 22.7 Å². The molecule has 0 heterocycles. The minimum absolute atomic E-state index is 0.138. The molecule has 130 valence electrons. The number of nitrogens with one attached hydrogen (secondary N) is 1. The molecule has 2 aromatic rings. The number of sulfonamides is 1. The van der Waals surface area contributed by atoms with Gasteiger partial charge in [0, 0.05) is 0 Å². The normalized spacial score (nSPS) is 12.1. The van der Waals surface area contributed by atoms with Gasteiger partial charge in [-0.05, 0) is 47.7 Å². The van der Waals surface area contributed by atoms with Crippen LogP contribution in [0.4, 0.5) is 5.69 Å². The van der Waals surface area contributed by atoms with Crippen molar-refractivity contribution in [3.63, 3.8) is 0 Å². The van der Waals surface area contributed by atoms with E-state index >= 15 is 0 Å². The molecule has 0 saturated heterocycles. The fourth-order valence-corrected chi connectivity index (χ4v) is 3.88. The lowest BCUT2D eigenvalue weighted by Crippen LogP contribution is -2.17. The van der Waals surface area contributed by atoms with Crippen molar-refractivity contribution in [3.8, 4) is 5.75 Å². The molecule has 0 aromatic heterocycles. The van der Waals surface area contributed by atoms with Crippen LogP contribution in [0, 0.1) is 6.92 Å². The van der Waals surface area contributed by atoms with E-state index in [1.54, 1.807) is 25.1 Å². The number of ether oxygens (including phenoxy) is 1. The Morgan fingerprint density at radius 2 is 1.75 bits per heavy atom. The van der Waals surface area contributed by atoms with Crippen LogP contribution in [0.3, 0.4) is 0 Å². The first kappa shape index (κ1) is 18.6. The third-order valence-corrected chi connectivity index (χ3v) is 5.57. The van der Waals surface area contributed by atoms with E-state index in [1.165, 1.54) is 13.2 Å². The molecule has 0 fully saturated rings. The molecule has 1 N–H and O–H groups in total. The molecule has 6 heteroatoms. The van der Waals surface area contributed by atoms with Gasteiger partial charge in [0.1, 0.15) is 5.75 Å². The van der Waals surface area contributed by atoms with Gasteiger partial charge in [-0.15, -0.1) is 0 Å². The zero-order valence-corrected chi connectivity index (χ0v) is 16.0. The average Bonchev–Trinajstić information content (AvgIpc) is 2.46. The third-order valence-electron chi connectivity index (χ3n) is 3.75. The van der Waals surface area contributed by atoms with Crippen LogP contribution in [-0.4, -0.2) is 15.5 Å². The van der Waals surface area contributed by atoms with Gasteiger partial charge in [-0.3, -0.25) is 4.72 Å². The van der Waals surface area contributed by atoms with Gasteiger partial charge in [0.25, 0.3) is 10.0 Å². The topological polar surface area (TPSA) is 55.4 Å². The highest BCUT2D eigenvalue weighted by molar-refractivity contribution is 7.92. The Morgan fingerprint density at radius 1 is 1.08 bits per heavy atom. The largest absolute Gasteiger partial charge is 0.495 e. The highest BCUT2D eigenvalue weighted by Crippen LogP contribution is 2.30. The van der Waals surface area contributed by atoms with Gasteiger partial charge in [-0.25, -0.2) is 8.42 Å². The minimum Gasteiger partial charge on any atom is -0.495 e. The molecule has 0 atom stereocenters. The highest BCUT2D eigenvalue weighted by atomic mass is 35.5. The van der Waals surface area contributed by atoms with Crippen molar-refractivity contribution in [1.29, 1.82) is 0 Å². The monoisotopic (exact) mass is 367 g/mol. The van der Waals surface area contributed by atoms with Gasteiger partial charge in [0.2, 0.25) is 0 Å². The van der Waals surface area contributed by atoms with Crippen molar-refractivity contribution >= 4 is 27.3 Å². The summed E-state index contributed by atoms with van der Waals surface area (Å²) in [6.45, 7) is 7.92. The van der Waals surface area contributed by atoms with Crippen molar-refractivity contribution in [1.82, 2.24) is 0 Å². The van der Waals surface area contributed by atoms with Gasteiger partial charge in [-0.2, -0.15) is 0 Å². The molecule has 0 radical (unpaired) electrons. The summed E-state index contributed by atoms with van der Waals surface area (Å²) in [5, 5.41) is 0.345. The Labute approximate surface area is 148 Å². The maximum absolute atomic E-state index is 12.8. The Kier molecular flexibility index (Phi) is 5.16. The van der Waals surface area contributed by atoms with Crippen LogP contribution in [0.2, 0.25) is 5.02 Å². The number of hydrogen-bond acceptors (Lipinski definition) is 3. The quantitative estimate of drug-likeness (QED) is 0.847. The van der Waals surface area contributed by atoms with E-state index in [4.69, 9.17) is 16.3 Å². The van der Waals surface area contributed by atoms with Crippen molar-refractivity contribution < 1.29 is 13.2 Å². The van der Waals surface area contributed by atoms with Gasteiger partial charge in [0.15, 0.2) is 0 Å². The van der Waals surface area contributed by atoms with Crippen LogP contribution >= 0.6 is 11.6 Å². The fourth-order valence-electron chi connectivity index (χ4n) is 2.30. The lowest BCUT2D eigenvalue weighted by Gasteiger charge is -2.21. The second kappa shape index (κ2) is 6.65. The number of hydrogen-bond donors (Lipinski definition) is 1. The van der Waals surface area contributed by atoms with E-state index in [9.17, 15) is 8.42 Å². The molecular weight excluding hydrogens is 346 g/mol. The number of aryl methyl sites for hydroxylation is 1. The van der Waals surface area contributed by atoms with Crippen molar-refractivity contribution in [2.75, 3.05) is 11.8 Å². The predicted molar refractivity (Wildman–Crippen MR) is 98.7 cm³/mol. The zero-order chi connectivity index (χ0) is 18.1. The van der Waals surface area contributed by atoms with Crippen LogP contribution in [0.5, 0.6) is 5.75 Å². The lowest BCUT2D eigenvalue weighted by molar-refractivity contribution is 0.415. The molecule has 0 aliphatic carbocycles. The van der Waals surface area contributed by atoms with Crippen LogP contribution < -0.4 is 9.46 Å². The number of halogens is 1. The van der Waals surface area contributed by atoms with Crippen molar-refractivity contribution in [3.05, 3.63) is 52.5 Å². The first-order chi connectivity index (χ1) is 11.0. The first-order valence-electron chi connectivity index (χ1n) is 7.52. The van der Waals surface area contributed by atoms with E-state index < -0.39 is 10.0 Å². The van der Waals surface area contributed by atoms with E-state index in [1.807, 2.05) is 32.9 Å². The zero-order valence-electron chi connectivity index (χ0n) is 14.5. The summed E-state index contributed by atoms with van der Waals surface area (Å²) in [5.74, 6) is 0.491. The second-order valence-electron chi connectivity index (χ2n) is 6.69. The number of benzene rings is 2. The summed E-state index contributed by atoms with van der Waals surface area (Å²) in [7, 11) is -2.21. The van der Waals surface area contributed by atoms with E-state index in [0.29, 0.717) is 22.0 Å². The molecule has 0 unspecified atom stereocenters. The summed E-state index contributed by atoms with van der Waals surface area (Å²) < 4.78 is 33.2. The molecule has 24 heavy (non-hydrogen) atoms. The lowest BCUT2D eigenvalue weighted by atomic mass is 9.87. The molecule has 4 nitrogen and oxygen atoms in total. The predicted octanol–water partition coefficient (Wildman–Crippen LogP) is 4.76. The van der Waals surface area contributed by atoms with Crippen LogP contribution in [0.15, 0.2) is 41.3 Å². The SMILES string of the molecule is COc1ccc(NS(=O)(=O)c2cc(C(C)(C)C)ccc2C)cc1Cl. The van der Waals surface area contributed by atoms with Crippen LogP contribution in [-0.2, 0) is 15.4 Å². The molecule has 0 saturated carbocycles. The summed E-state index contributed by atoms with van der Waals surface area (Å²) in [6, 6.07) is 10.3. The van der Waals surface area contributed by atoms with Crippen molar-refractivity contribution in [2.24, 2.45) is 0 Å². The molecule has 0 amide bonds. The molecule has 0 spiro atoms. The summed E-state index contributed by atoms with van der Waals surface area (Å²) >= 11 is 6.06. The fraction of sp³-hybridized carbons (Fsp3) is 0.333. The average molecular weight is 368 g/mol. The van der Waals surface area contributed by atoms with Gasteiger partial charge in [-0.1, -0.05) is 44.5 Å². The Morgan fingerprint density at radius 3 is 2.29 bits per heavy atom. The standard InChI is InChI=1S/C18H22ClNO3S/c1-12-6-7-13(18(2,3)4)10-17(12)24(21,22)20-14-8-9-16(23-5)15(19)11-14/h6-11,20H,1-5H3. The van der Waals surface area contributed by atoms with Gasteiger partial charge < -0.3 is 4.74 Å². The highest BCUT2D eigenvalue weighted by Gasteiger charge is 2.21. The van der Waals surface area contributed by atoms with Gasteiger partial charge >= 0.3 is 0 Å². The Hall–Kier alpha value is -1.72. The molecule has 2 rings (SSSR count). The number of anilines is 1. The van der Waals surface area contributed by atoms with E-state index in [-0.39, 0.29) is 10.3 Å². The first-order valence-corrected chi connectivity index (χ1v) is 9.38. The summed E-state index contributed by atoms with van der Waals surface area (Å²) in [5.41, 5.74) is 1.90. The molecule has 0 bridgehead atoms. The van der Waals surface area contributed by atoms with Crippen LogP contribution in [0.25, 0.3) is 0 Å². The smallest absolute Gasteiger partial charge is 0.262 e. The molecule has 0 aliphatic heterocycles.